The molecule has 2 heterocycles. The number of imidazole rings is 1. The van der Waals surface area contributed by atoms with Gasteiger partial charge < -0.3 is 9.88 Å². The standard InChI is InChI=1S/C20H23N5O3S/c1-4-25-18-8-6-5-7-16(18)22-20(25)15-12-19(26)21-17-11-13(9-10-14(15)17)23-29(27,28)24(2)3/h5-11,15,23H,4,12H2,1-3H3,(H,21,26). The fourth-order valence-corrected chi connectivity index (χ4v) is 4.30. The Morgan fingerprint density at radius 3 is 2.72 bits per heavy atom. The highest BCUT2D eigenvalue weighted by Gasteiger charge is 2.31. The van der Waals surface area contributed by atoms with Crippen molar-refractivity contribution in [2.45, 2.75) is 25.8 Å². The number of nitrogens with zero attached hydrogens (tertiary/aromatic N) is 3. The summed E-state index contributed by atoms with van der Waals surface area (Å²) in [6.07, 6.45) is 0.291. The summed E-state index contributed by atoms with van der Waals surface area (Å²) in [4.78, 5) is 17.2. The summed E-state index contributed by atoms with van der Waals surface area (Å²) in [6.45, 7) is 2.80. The van der Waals surface area contributed by atoms with E-state index >= 15 is 0 Å². The molecule has 0 bridgehead atoms. The van der Waals surface area contributed by atoms with Crippen LogP contribution >= 0.6 is 0 Å². The number of rotatable bonds is 5. The highest BCUT2D eigenvalue weighted by molar-refractivity contribution is 7.90. The average molecular weight is 414 g/mol. The summed E-state index contributed by atoms with van der Waals surface area (Å²) < 4.78 is 30.0. The van der Waals surface area contributed by atoms with Gasteiger partial charge in [0.15, 0.2) is 0 Å². The fourth-order valence-electron chi connectivity index (χ4n) is 3.69. The van der Waals surface area contributed by atoms with E-state index in [1.165, 1.54) is 14.1 Å². The van der Waals surface area contributed by atoms with E-state index in [-0.39, 0.29) is 11.8 Å². The Morgan fingerprint density at radius 1 is 1.24 bits per heavy atom. The van der Waals surface area contributed by atoms with Crippen LogP contribution in [0.2, 0.25) is 0 Å². The third kappa shape index (κ3) is 3.47. The molecule has 2 N–H and O–H groups in total. The number of amides is 1. The van der Waals surface area contributed by atoms with Crippen LogP contribution in [0, 0.1) is 0 Å². The molecule has 1 atom stereocenters. The molecule has 0 saturated heterocycles. The zero-order chi connectivity index (χ0) is 20.8. The van der Waals surface area contributed by atoms with Gasteiger partial charge in [0, 0.05) is 32.7 Å². The second-order valence-electron chi connectivity index (χ2n) is 7.20. The molecule has 1 aromatic heterocycles. The highest BCUT2D eigenvalue weighted by atomic mass is 32.2. The van der Waals surface area contributed by atoms with Crippen molar-refractivity contribution in [3.8, 4) is 0 Å². The fraction of sp³-hybridized carbons (Fsp3) is 0.300. The predicted octanol–water partition coefficient (Wildman–Crippen LogP) is 2.75. The first-order valence-corrected chi connectivity index (χ1v) is 10.8. The number of benzene rings is 2. The Bertz CT molecular complexity index is 1200. The molecule has 4 rings (SSSR count). The second kappa shape index (κ2) is 7.16. The van der Waals surface area contributed by atoms with Crippen molar-refractivity contribution in [1.29, 1.82) is 0 Å². The summed E-state index contributed by atoms with van der Waals surface area (Å²) in [5, 5.41) is 2.86. The van der Waals surface area contributed by atoms with E-state index in [4.69, 9.17) is 4.98 Å². The summed E-state index contributed by atoms with van der Waals surface area (Å²) >= 11 is 0. The molecular formula is C20H23N5O3S. The molecule has 0 radical (unpaired) electrons. The summed E-state index contributed by atoms with van der Waals surface area (Å²) in [5.41, 5.74) is 3.84. The smallest absolute Gasteiger partial charge is 0.301 e. The second-order valence-corrected chi connectivity index (χ2v) is 9.08. The largest absolute Gasteiger partial charge is 0.328 e. The van der Waals surface area contributed by atoms with Gasteiger partial charge >= 0.3 is 10.2 Å². The summed E-state index contributed by atoms with van der Waals surface area (Å²) in [6, 6.07) is 13.1. The van der Waals surface area contributed by atoms with Gasteiger partial charge in [0.2, 0.25) is 5.91 Å². The molecule has 3 aromatic rings. The first-order chi connectivity index (χ1) is 13.8. The van der Waals surface area contributed by atoms with E-state index < -0.39 is 10.2 Å². The molecule has 1 aliphatic rings. The van der Waals surface area contributed by atoms with E-state index in [0.29, 0.717) is 17.8 Å². The number of carbonyl (C=O) groups is 1. The Morgan fingerprint density at radius 2 is 2.00 bits per heavy atom. The first kappa shape index (κ1) is 19.4. The van der Waals surface area contributed by atoms with Gasteiger partial charge in [-0.15, -0.1) is 0 Å². The lowest BCUT2D eigenvalue weighted by molar-refractivity contribution is -0.116. The minimum absolute atomic E-state index is 0.121. The van der Waals surface area contributed by atoms with Gasteiger partial charge in [-0.3, -0.25) is 9.52 Å². The number of hydrogen-bond acceptors (Lipinski definition) is 4. The van der Waals surface area contributed by atoms with E-state index in [0.717, 1.165) is 33.3 Å². The molecule has 9 heteroatoms. The topological polar surface area (TPSA) is 96.3 Å². The van der Waals surface area contributed by atoms with Crippen LogP contribution in [0.25, 0.3) is 11.0 Å². The third-order valence-electron chi connectivity index (χ3n) is 5.13. The van der Waals surface area contributed by atoms with Gasteiger partial charge in [0.1, 0.15) is 5.82 Å². The number of fused-ring (bicyclic) bond motifs is 2. The molecule has 0 aliphatic carbocycles. The number of hydrogen-bond donors (Lipinski definition) is 2. The Hall–Kier alpha value is -2.91. The lowest BCUT2D eigenvalue weighted by atomic mass is 9.89. The maximum atomic E-state index is 12.4. The van der Waals surface area contributed by atoms with Crippen LogP contribution in [0.3, 0.4) is 0 Å². The third-order valence-corrected chi connectivity index (χ3v) is 6.59. The van der Waals surface area contributed by atoms with E-state index in [1.54, 1.807) is 12.1 Å². The number of carbonyl (C=O) groups excluding carboxylic acids is 1. The Kier molecular flexibility index (Phi) is 4.79. The Labute approximate surface area is 169 Å². The number of para-hydroxylation sites is 2. The van der Waals surface area contributed by atoms with Crippen molar-refractivity contribution in [3.63, 3.8) is 0 Å². The van der Waals surface area contributed by atoms with Gasteiger partial charge in [0.05, 0.1) is 22.6 Å². The summed E-state index contributed by atoms with van der Waals surface area (Å²) in [7, 11) is -0.726. The van der Waals surface area contributed by atoms with Gasteiger partial charge in [-0.05, 0) is 36.8 Å². The number of aromatic nitrogens is 2. The zero-order valence-electron chi connectivity index (χ0n) is 16.5. The van der Waals surface area contributed by atoms with Gasteiger partial charge in [-0.25, -0.2) is 4.98 Å². The zero-order valence-corrected chi connectivity index (χ0v) is 17.3. The van der Waals surface area contributed by atoms with Crippen molar-refractivity contribution in [3.05, 3.63) is 53.9 Å². The van der Waals surface area contributed by atoms with Crippen LogP contribution in [0.15, 0.2) is 42.5 Å². The molecule has 0 spiro atoms. The van der Waals surface area contributed by atoms with Crippen LogP contribution in [-0.4, -0.2) is 42.3 Å². The van der Waals surface area contributed by atoms with Crippen LogP contribution in [0.1, 0.15) is 30.7 Å². The molecule has 1 unspecified atom stereocenters. The van der Waals surface area contributed by atoms with Crippen LogP contribution in [0.4, 0.5) is 11.4 Å². The van der Waals surface area contributed by atoms with Crippen molar-refractivity contribution in [2.75, 3.05) is 24.1 Å². The number of nitrogens with one attached hydrogen (secondary N) is 2. The van der Waals surface area contributed by atoms with E-state index in [2.05, 4.69) is 21.5 Å². The first-order valence-electron chi connectivity index (χ1n) is 9.39. The van der Waals surface area contributed by atoms with Gasteiger partial charge in [-0.2, -0.15) is 12.7 Å². The lowest BCUT2D eigenvalue weighted by Crippen LogP contribution is -2.29. The van der Waals surface area contributed by atoms with Crippen molar-refractivity contribution in [2.24, 2.45) is 0 Å². The molecule has 0 fully saturated rings. The predicted molar refractivity (Wildman–Crippen MR) is 113 cm³/mol. The molecule has 0 saturated carbocycles. The SMILES string of the molecule is CCn1c(C2CC(=O)Nc3cc(NS(=O)(=O)N(C)C)ccc32)nc2ccccc21. The molecular weight excluding hydrogens is 390 g/mol. The number of aryl methyl sites for hydroxylation is 1. The van der Waals surface area contributed by atoms with Crippen molar-refractivity contribution >= 4 is 38.5 Å². The quantitative estimate of drug-likeness (QED) is 0.672. The minimum Gasteiger partial charge on any atom is -0.328 e. The van der Waals surface area contributed by atoms with Crippen molar-refractivity contribution < 1.29 is 13.2 Å². The van der Waals surface area contributed by atoms with Crippen LogP contribution in [0.5, 0.6) is 0 Å². The molecule has 1 aliphatic heterocycles. The normalized spacial score (nSPS) is 16.7. The van der Waals surface area contributed by atoms with E-state index in [1.807, 2.05) is 30.3 Å². The average Bonchev–Trinajstić information content (AvgIpc) is 3.05. The molecule has 2 aromatic carbocycles. The molecule has 29 heavy (non-hydrogen) atoms. The highest BCUT2D eigenvalue weighted by Crippen LogP contribution is 2.39. The van der Waals surface area contributed by atoms with Gasteiger partial charge in [-0.1, -0.05) is 18.2 Å². The monoisotopic (exact) mass is 413 g/mol. The lowest BCUT2D eigenvalue weighted by Gasteiger charge is -2.26. The maximum Gasteiger partial charge on any atom is 0.301 e. The molecule has 1 amide bonds. The number of anilines is 2. The Balaban J connectivity index is 1.79. The van der Waals surface area contributed by atoms with Crippen LogP contribution < -0.4 is 10.0 Å². The minimum atomic E-state index is -3.63. The molecule has 8 nitrogen and oxygen atoms in total. The maximum absolute atomic E-state index is 12.4. The van der Waals surface area contributed by atoms with Crippen LogP contribution in [-0.2, 0) is 21.5 Å². The van der Waals surface area contributed by atoms with Gasteiger partial charge in [0.25, 0.3) is 0 Å². The molecule has 152 valence electrons. The summed E-state index contributed by atoms with van der Waals surface area (Å²) in [5.74, 6) is 0.516. The van der Waals surface area contributed by atoms with E-state index in [9.17, 15) is 13.2 Å². The van der Waals surface area contributed by atoms with Crippen molar-refractivity contribution in [1.82, 2.24) is 13.9 Å².